The van der Waals surface area contributed by atoms with Crippen LogP contribution in [0.3, 0.4) is 0 Å². The zero-order chi connectivity index (χ0) is 10.2. The van der Waals surface area contributed by atoms with Gasteiger partial charge in [0.15, 0.2) is 5.78 Å². The molecule has 0 aromatic carbocycles. The summed E-state index contributed by atoms with van der Waals surface area (Å²) in [7, 11) is 0. The normalized spacial score (nSPS) is 11.8. The summed E-state index contributed by atoms with van der Waals surface area (Å²) in [4.78, 5) is 14.7. The number of carbonyl (C=O) groups excluding carboxylic acids is 1. The van der Waals surface area contributed by atoms with Crippen molar-refractivity contribution in [2.75, 3.05) is 0 Å². The minimum atomic E-state index is -0.344. The fourth-order valence-corrected chi connectivity index (χ4v) is 1.59. The van der Waals surface area contributed by atoms with Crippen molar-refractivity contribution in [1.82, 2.24) is 4.98 Å². The number of hydrogen-bond donors (Lipinski definition) is 1. The zero-order valence-electron chi connectivity index (χ0n) is 7.74. The van der Waals surface area contributed by atoms with E-state index >= 15 is 0 Å². The quantitative estimate of drug-likeness (QED) is 0.787. The van der Waals surface area contributed by atoms with Crippen molar-refractivity contribution < 1.29 is 4.79 Å². The summed E-state index contributed by atoms with van der Waals surface area (Å²) in [5.74, 6) is 0.110. The molecule has 0 aliphatic heterocycles. The molecule has 0 saturated carbocycles. The SMILES string of the molecule is CC(C)(C)C(=O)c1cc(Br)c(Br)[nH]1. The summed E-state index contributed by atoms with van der Waals surface area (Å²) in [6, 6.07) is 1.79. The van der Waals surface area contributed by atoms with Crippen LogP contribution in [-0.4, -0.2) is 10.8 Å². The van der Waals surface area contributed by atoms with Crippen LogP contribution >= 0.6 is 31.9 Å². The van der Waals surface area contributed by atoms with Crippen LogP contribution in [0.4, 0.5) is 0 Å². The standard InChI is InChI=1S/C9H11Br2NO/c1-9(2,3)7(13)6-4-5(10)8(11)12-6/h4,12H,1-3H3. The summed E-state index contributed by atoms with van der Waals surface area (Å²) in [6.45, 7) is 5.70. The zero-order valence-corrected chi connectivity index (χ0v) is 10.9. The van der Waals surface area contributed by atoms with E-state index in [9.17, 15) is 4.79 Å². The molecule has 0 amide bonds. The van der Waals surface area contributed by atoms with Crippen molar-refractivity contribution in [1.29, 1.82) is 0 Å². The molecule has 1 aromatic rings. The van der Waals surface area contributed by atoms with E-state index < -0.39 is 0 Å². The molecule has 0 bridgehead atoms. The minimum absolute atomic E-state index is 0.110. The summed E-state index contributed by atoms with van der Waals surface area (Å²) in [5, 5.41) is 0. The number of H-pyrrole nitrogens is 1. The molecule has 0 unspecified atom stereocenters. The summed E-state index contributed by atoms with van der Waals surface area (Å²) >= 11 is 6.62. The van der Waals surface area contributed by atoms with Crippen LogP contribution in [-0.2, 0) is 0 Å². The first-order valence-electron chi connectivity index (χ1n) is 3.91. The number of carbonyl (C=O) groups is 1. The molecule has 4 heteroatoms. The first kappa shape index (κ1) is 11.0. The van der Waals surface area contributed by atoms with Crippen LogP contribution in [0.2, 0.25) is 0 Å². The lowest BCUT2D eigenvalue weighted by Gasteiger charge is -2.14. The third kappa shape index (κ3) is 2.44. The third-order valence-electron chi connectivity index (χ3n) is 1.65. The molecular formula is C9H11Br2NO. The topological polar surface area (TPSA) is 32.9 Å². The maximum absolute atomic E-state index is 11.8. The molecule has 0 aliphatic carbocycles. The molecule has 1 aromatic heterocycles. The van der Waals surface area contributed by atoms with Gasteiger partial charge < -0.3 is 4.98 Å². The number of halogens is 2. The third-order valence-corrected chi connectivity index (χ3v) is 3.43. The number of Topliss-reactive ketones (excluding diaryl/α,β-unsaturated/α-hetero) is 1. The monoisotopic (exact) mass is 307 g/mol. The Balaban J connectivity index is 3.03. The number of ketones is 1. The van der Waals surface area contributed by atoms with Crippen LogP contribution < -0.4 is 0 Å². The molecule has 0 spiro atoms. The highest BCUT2D eigenvalue weighted by Crippen LogP contribution is 2.27. The Morgan fingerprint density at radius 1 is 1.38 bits per heavy atom. The number of rotatable bonds is 1. The van der Waals surface area contributed by atoms with Crippen molar-refractivity contribution in [2.45, 2.75) is 20.8 Å². The van der Waals surface area contributed by atoms with Gasteiger partial charge in [-0.15, -0.1) is 0 Å². The van der Waals surface area contributed by atoms with Gasteiger partial charge in [0.2, 0.25) is 0 Å². The van der Waals surface area contributed by atoms with E-state index in [2.05, 4.69) is 36.8 Å². The summed E-state index contributed by atoms with van der Waals surface area (Å²) in [5.41, 5.74) is 0.287. The van der Waals surface area contributed by atoms with Gasteiger partial charge in [-0.05, 0) is 37.9 Å². The fraction of sp³-hybridized carbons (Fsp3) is 0.444. The van der Waals surface area contributed by atoms with Crippen molar-refractivity contribution in [3.8, 4) is 0 Å². The Hall–Kier alpha value is -0.0900. The predicted octanol–water partition coefficient (Wildman–Crippen LogP) is 3.77. The van der Waals surface area contributed by atoms with Crippen LogP contribution in [0, 0.1) is 5.41 Å². The predicted molar refractivity (Wildman–Crippen MR) is 60.0 cm³/mol. The highest BCUT2D eigenvalue weighted by molar-refractivity contribution is 9.13. The van der Waals surface area contributed by atoms with Gasteiger partial charge in [-0.2, -0.15) is 0 Å². The van der Waals surface area contributed by atoms with E-state index in [0.717, 1.165) is 9.08 Å². The lowest BCUT2D eigenvalue weighted by Crippen LogP contribution is -2.20. The number of aromatic amines is 1. The Morgan fingerprint density at radius 3 is 2.23 bits per heavy atom. The van der Waals surface area contributed by atoms with Gasteiger partial charge in [0.25, 0.3) is 0 Å². The number of aromatic nitrogens is 1. The van der Waals surface area contributed by atoms with Crippen LogP contribution in [0.1, 0.15) is 31.3 Å². The summed E-state index contributed by atoms with van der Waals surface area (Å²) < 4.78 is 1.68. The first-order valence-corrected chi connectivity index (χ1v) is 5.50. The van der Waals surface area contributed by atoms with E-state index in [1.165, 1.54) is 0 Å². The molecule has 1 rings (SSSR count). The van der Waals surface area contributed by atoms with Crippen molar-refractivity contribution in [2.24, 2.45) is 5.41 Å². The molecule has 0 saturated heterocycles. The Bertz CT molecular complexity index is 316. The maximum atomic E-state index is 11.8. The second kappa shape index (κ2) is 3.58. The van der Waals surface area contributed by atoms with Crippen LogP contribution in [0.5, 0.6) is 0 Å². The van der Waals surface area contributed by atoms with Gasteiger partial charge in [-0.1, -0.05) is 20.8 Å². The molecular weight excluding hydrogens is 298 g/mol. The smallest absolute Gasteiger partial charge is 0.184 e. The highest BCUT2D eigenvalue weighted by atomic mass is 79.9. The molecule has 1 N–H and O–H groups in total. The van der Waals surface area contributed by atoms with Gasteiger partial charge in [-0.3, -0.25) is 4.79 Å². The molecule has 72 valence electrons. The van der Waals surface area contributed by atoms with E-state index in [4.69, 9.17) is 0 Å². The average Bonchev–Trinajstić information content (AvgIpc) is 2.29. The molecule has 0 fully saturated rings. The maximum Gasteiger partial charge on any atom is 0.184 e. The minimum Gasteiger partial charge on any atom is -0.346 e. The first-order chi connectivity index (χ1) is 5.82. The van der Waals surface area contributed by atoms with Gasteiger partial charge in [0.1, 0.15) is 0 Å². The molecule has 2 nitrogen and oxygen atoms in total. The second-order valence-electron chi connectivity index (χ2n) is 3.92. The lowest BCUT2D eigenvalue weighted by atomic mass is 9.89. The van der Waals surface area contributed by atoms with E-state index in [0.29, 0.717) is 5.69 Å². The second-order valence-corrected chi connectivity index (χ2v) is 5.57. The van der Waals surface area contributed by atoms with Crippen molar-refractivity contribution in [3.05, 3.63) is 20.8 Å². The van der Waals surface area contributed by atoms with E-state index in [1.807, 2.05) is 20.8 Å². The largest absolute Gasteiger partial charge is 0.346 e. The van der Waals surface area contributed by atoms with E-state index in [-0.39, 0.29) is 11.2 Å². The van der Waals surface area contributed by atoms with Gasteiger partial charge >= 0.3 is 0 Å². The molecule has 0 radical (unpaired) electrons. The van der Waals surface area contributed by atoms with Gasteiger partial charge in [0.05, 0.1) is 14.8 Å². The molecule has 13 heavy (non-hydrogen) atoms. The Labute approximate surface area is 94.4 Å². The molecule has 1 heterocycles. The molecule has 0 atom stereocenters. The Kier molecular flexibility index (Phi) is 3.02. The van der Waals surface area contributed by atoms with Gasteiger partial charge in [-0.25, -0.2) is 0 Å². The highest BCUT2D eigenvalue weighted by Gasteiger charge is 2.24. The summed E-state index contributed by atoms with van der Waals surface area (Å²) in [6.07, 6.45) is 0. The van der Waals surface area contributed by atoms with Gasteiger partial charge in [0, 0.05) is 5.41 Å². The lowest BCUT2D eigenvalue weighted by molar-refractivity contribution is 0.0853. The fourth-order valence-electron chi connectivity index (χ4n) is 0.930. The molecule has 0 aliphatic rings. The van der Waals surface area contributed by atoms with Crippen LogP contribution in [0.25, 0.3) is 0 Å². The number of nitrogens with one attached hydrogen (secondary N) is 1. The number of hydrogen-bond acceptors (Lipinski definition) is 1. The van der Waals surface area contributed by atoms with Crippen LogP contribution in [0.15, 0.2) is 15.1 Å². The Morgan fingerprint density at radius 2 is 1.92 bits per heavy atom. The van der Waals surface area contributed by atoms with Crippen molar-refractivity contribution in [3.63, 3.8) is 0 Å². The van der Waals surface area contributed by atoms with Crippen molar-refractivity contribution >= 4 is 37.6 Å². The average molecular weight is 309 g/mol. The van der Waals surface area contributed by atoms with E-state index in [1.54, 1.807) is 6.07 Å².